The van der Waals surface area contributed by atoms with E-state index in [1.54, 1.807) is 6.07 Å². The van der Waals surface area contributed by atoms with Gasteiger partial charge in [0.15, 0.2) is 13.0 Å². The van der Waals surface area contributed by atoms with Crippen LogP contribution in [-0.2, 0) is 0 Å². The van der Waals surface area contributed by atoms with Crippen LogP contribution < -0.4 is 15.9 Å². The van der Waals surface area contributed by atoms with Gasteiger partial charge < -0.3 is 10.5 Å². The Morgan fingerprint density at radius 2 is 2.00 bits per heavy atom. The highest BCUT2D eigenvalue weighted by Crippen LogP contribution is 2.26. The third-order valence-electron chi connectivity index (χ3n) is 1.71. The molecule has 0 saturated heterocycles. The van der Waals surface area contributed by atoms with Gasteiger partial charge in [-0.2, -0.15) is 0 Å². The molecule has 0 atom stereocenters. The van der Waals surface area contributed by atoms with Gasteiger partial charge in [-0.05, 0) is 12.1 Å². The number of rotatable bonds is 2. The van der Waals surface area contributed by atoms with E-state index in [2.05, 4.69) is 4.74 Å². The predicted octanol–water partition coefficient (Wildman–Crippen LogP) is 1.28. The Morgan fingerprint density at radius 3 is 2.43 bits per heavy atom. The van der Waals surface area contributed by atoms with Crippen LogP contribution in [0.2, 0.25) is 6.82 Å². The zero-order valence-corrected chi connectivity index (χ0v) is 7.56. The Morgan fingerprint density at radius 1 is 1.36 bits per heavy atom. The molecule has 14 heavy (non-hydrogen) atoms. The largest absolute Gasteiger partial charge is 0.573 e. The van der Waals surface area contributed by atoms with Crippen LogP contribution in [0.1, 0.15) is 0 Å². The van der Waals surface area contributed by atoms with E-state index in [0.717, 1.165) is 12.7 Å². The van der Waals surface area contributed by atoms with E-state index in [9.17, 15) is 13.2 Å². The highest BCUT2D eigenvalue weighted by molar-refractivity contribution is 6.52. The molecule has 0 aliphatic carbocycles. The molecule has 0 fully saturated rings. The summed E-state index contributed by atoms with van der Waals surface area (Å²) in [6, 6.07) is 4.25. The second-order valence-electron chi connectivity index (χ2n) is 2.77. The first-order chi connectivity index (χ1) is 6.42. The van der Waals surface area contributed by atoms with Crippen molar-refractivity contribution in [3.05, 3.63) is 18.2 Å². The third kappa shape index (κ3) is 2.87. The Balaban J connectivity index is 2.89. The summed E-state index contributed by atoms with van der Waals surface area (Å²) in [5.41, 5.74) is 6.25. The number of hydrogen-bond acceptors (Lipinski definition) is 2. The maximum atomic E-state index is 11.8. The molecule has 0 aliphatic heterocycles. The third-order valence-corrected chi connectivity index (χ3v) is 1.71. The minimum atomic E-state index is -4.69. The van der Waals surface area contributed by atoms with Crippen LogP contribution >= 0.6 is 0 Å². The van der Waals surface area contributed by atoms with Crippen molar-refractivity contribution in [2.24, 2.45) is 0 Å². The lowest BCUT2D eigenvalue weighted by molar-refractivity contribution is -0.274. The second-order valence-corrected chi connectivity index (χ2v) is 2.77. The molecule has 2 nitrogen and oxygen atoms in total. The lowest BCUT2D eigenvalue weighted by Crippen LogP contribution is -2.19. The van der Waals surface area contributed by atoms with E-state index >= 15 is 0 Å². The summed E-state index contributed by atoms with van der Waals surface area (Å²) in [5, 5.41) is 0. The Hall–Kier alpha value is -1.33. The van der Waals surface area contributed by atoms with Crippen molar-refractivity contribution in [3.8, 4) is 5.75 Å². The van der Waals surface area contributed by atoms with Crippen molar-refractivity contribution in [2.75, 3.05) is 5.73 Å². The maximum absolute atomic E-state index is 11.8. The highest BCUT2D eigenvalue weighted by atomic mass is 19.4. The van der Waals surface area contributed by atoms with E-state index in [1.165, 1.54) is 12.1 Å². The molecule has 0 heterocycles. The molecule has 0 spiro atoms. The molecule has 0 bridgehead atoms. The van der Waals surface area contributed by atoms with Crippen LogP contribution in [0.25, 0.3) is 0 Å². The van der Waals surface area contributed by atoms with Gasteiger partial charge in [-0.15, -0.1) is 13.2 Å². The standard InChI is InChI=1S/C8H9BF3NO/c1-9-5-2-3-7(6(13)4-5)14-8(10,11)12/h2-4,9H,13H2,1H3. The summed E-state index contributed by atoms with van der Waals surface area (Å²) in [5.74, 6) is -0.352. The summed E-state index contributed by atoms with van der Waals surface area (Å²) < 4.78 is 39.2. The van der Waals surface area contributed by atoms with Gasteiger partial charge in [-0.3, -0.25) is 0 Å². The van der Waals surface area contributed by atoms with Gasteiger partial charge in [0.2, 0.25) is 0 Å². The number of hydrogen-bond donors (Lipinski definition) is 1. The van der Waals surface area contributed by atoms with Crippen molar-refractivity contribution in [1.29, 1.82) is 0 Å². The number of benzene rings is 1. The van der Waals surface area contributed by atoms with Gasteiger partial charge in [0.05, 0.1) is 5.69 Å². The van der Waals surface area contributed by atoms with Crippen molar-refractivity contribution in [3.63, 3.8) is 0 Å². The lowest BCUT2D eigenvalue weighted by Gasteiger charge is -2.11. The first-order valence-electron chi connectivity index (χ1n) is 4.06. The first kappa shape index (κ1) is 10.8. The SMILES string of the molecule is CBc1ccc(OC(F)(F)F)c(N)c1. The molecule has 0 radical (unpaired) electrons. The lowest BCUT2D eigenvalue weighted by atomic mass is 9.73. The molecule has 0 aromatic heterocycles. The minimum absolute atomic E-state index is 0.00155. The molecule has 1 rings (SSSR count). The van der Waals surface area contributed by atoms with Crippen LogP contribution in [0, 0.1) is 0 Å². The van der Waals surface area contributed by atoms with Gasteiger partial charge >= 0.3 is 6.36 Å². The Bertz CT molecular complexity index is 327. The maximum Gasteiger partial charge on any atom is 0.573 e. The molecule has 0 amide bonds. The molecule has 6 heteroatoms. The van der Waals surface area contributed by atoms with E-state index in [4.69, 9.17) is 5.73 Å². The van der Waals surface area contributed by atoms with Crippen LogP contribution in [0.5, 0.6) is 5.75 Å². The average Bonchev–Trinajstić information content (AvgIpc) is 2.06. The number of nitrogens with two attached hydrogens (primary N) is 1. The smallest absolute Gasteiger partial charge is 0.404 e. The van der Waals surface area contributed by atoms with Gasteiger partial charge in [-0.1, -0.05) is 18.4 Å². The number of nitrogen functional groups attached to an aromatic ring is 1. The zero-order valence-electron chi connectivity index (χ0n) is 7.56. The zero-order chi connectivity index (χ0) is 10.8. The van der Waals surface area contributed by atoms with E-state index in [1.807, 2.05) is 6.82 Å². The summed E-state index contributed by atoms with van der Waals surface area (Å²) in [6.45, 7) is 1.89. The second kappa shape index (κ2) is 3.81. The Labute approximate surface area is 80.1 Å². The molecule has 1 aromatic rings. The summed E-state index contributed by atoms with van der Waals surface area (Å²) in [6.07, 6.45) is -4.69. The average molecular weight is 203 g/mol. The molecule has 1 aromatic carbocycles. The normalized spacial score (nSPS) is 11.1. The number of anilines is 1. The van der Waals surface area contributed by atoms with Crippen LogP contribution in [-0.4, -0.2) is 13.6 Å². The highest BCUT2D eigenvalue weighted by Gasteiger charge is 2.31. The minimum Gasteiger partial charge on any atom is -0.404 e. The monoisotopic (exact) mass is 203 g/mol. The summed E-state index contributed by atoms with van der Waals surface area (Å²) in [4.78, 5) is 0. The molecule has 76 valence electrons. The predicted molar refractivity (Wildman–Crippen MR) is 50.2 cm³/mol. The van der Waals surface area contributed by atoms with Crippen molar-refractivity contribution in [1.82, 2.24) is 0 Å². The van der Waals surface area contributed by atoms with Crippen molar-refractivity contribution in [2.45, 2.75) is 13.2 Å². The molecular weight excluding hydrogens is 194 g/mol. The number of ether oxygens (including phenoxy) is 1. The van der Waals surface area contributed by atoms with Crippen LogP contribution in [0.15, 0.2) is 18.2 Å². The van der Waals surface area contributed by atoms with E-state index in [0.29, 0.717) is 0 Å². The fourth-order valence-corrected chi connectivity index (χ4v) is 1.04. The fraction of sp³-hybridized carbons (Fsp3) is 0.250. The quantitative estimate of drug-likeness (QED) is 0.580. The molecule has 0 unspecified atom stereocenters. The number of alkyl halides is 3. The van der Waals surface area contributed by atoms with E-state index < -0.39 is 6.36 Å². The molecule has 0 saturated carbocycles. The molecule has 0 aliphatic rings. The fourth-order valence-electron chi connectivity index (χ4n) is 1.04. The Kier molecular flexibility index (Phi) is 2.93. The van der Waals surface area contributed by atoms with Gasteiger partial charge in [0, 0.05) is 0 Å². The molecule has 2 N–H and O–H groups in total. The number of halogens is 3. The first-order valence-corrected chi connectivity index (χ1v) is 4.06. The van der Waals surface area contributed by atoms with Gasteiger partial charge in [-0.25, -0.2) is 0 Å². The van der Waals surface area contributed by atoms with Crippen LogP contribution in [0.3, 0.4) is 0 Å². The summed E-state index contributed by atoms with van der Waals surface area (Å²) >= 11 is 0. The van der Waals surface area contributed by atoms with Crippen molar-refractivity contribution >= 4 is 18.4 Å². The van der Waals surface area contributed by atoms with Crippen molar-refractivity contribution < 1.29 is 17.9 Å². The van der Waals surface area contributed by atoms with Crippen LogP contribution in [0.4, 0.5) is 18.9 Å². The van der Waals surface area contributed by atoms with Gasteiger partial charge in [0.25, 0.3) is 0 Å². The topological polar surface area (TPSA) is 35.2 Å². The summed E-state index contributed by atoms with van der Waals surface area (Å²) in [7, 11) is 0.719. The van der Waals surface area contributed by atoms with Gasteiger partial charge in [0.1, 0.15) is 0 Å². The molecular formula is C8H9BF3NO. The van der Waals surface area contributed by atoms with E-state index in [-0.39, 0.29) is 11.4 Å².